The minimum absolute atomic E-state index is 0.232. The van der Waals surface area contributed by atoms with E-state index in [1.165, 1.54) is 0 Å². The Kier molecular flexibility index (Phi) is 3.97. The molecular formula is C19H14ClN3O3. The molecule has 0 bridgehead atoms. The van der Waals surface area contributed by atoms with Crippen LogP contribution in [0.15, 0.2) is 62.8 Å². The summed E-state index contributed by atoms with van der Waals surface area (Å²) in [6.45, 7) is 1.68. The molecule has 0 saturated carbocycles. The van der Waals surface area contributed by atoms with Gasteiger partial charge in [0.15, 0.2) is 0 Å². The topological polar surface area (TPSA) is 83.7 Å². The van der Waals surface area contributed by atoms with Crippen LogP contribution in [0.3, 0.4) is 0 Å². The molecule has 1 amide bonds. The number of benzene rings is 2. The number of carbonyl (C=O) groups is 1. The van der Waals surface area contributed by atoms with Crippen LogP contribution < -0.4 is 16.4 Å². The number of hydrogen-bond acceptors (Lipinski definition) is 5. The lowest BCUT2D eigenvalue weighted by molar-refractivity contribution is -0.117. The van der Waals surface area contributed by atoms with Gasteiger partial charge in [0.2, 0.25) is 0 Å². The molecule has 3 aromatic rings. The average molecular weight is 368 g/mol. The molecule has 2 heterocycles. The number of carbonyl (C=O) groups excluding carboxylic acids is 1. The summed E-state index contributed by atoms with van der Waals surface area (Å²) in [5, 5.41) is 8.32. The highest BCUT2D eigenvalue weighted by atomic mass is 35.5. The number of amides is 1. The van der Waals surface area contributed by atoms with Crippen LogP contribution in [0.5, 0.6) is 0 Å². The van der Waals surface area contributed by atoms with Gasteiger partial charge in [-0.15, -0.1) is 0 Å². The molecule has 0 saturated heterocycles. The Labute approximate surface area is 153 Å². The van der Waals surface area contributed by atoms with Crippen molar-refractivity contribution in [1.82, 2.24) is 5.43 Å². The Morgan fingerprint density at radius 2 is 2.00 bits per heavy atom. The fourth-order valence-corrected chi connectivity index (χ4v) is 3.07. The van der Waals surface area contributed by atoms with Crippen molar-refractivity contribution in [3.63, 3.8) is 0 Å². The van der Waals surface area contributed by atoms with Crippen molar-refractivity contribution in [3.05, 3.63) is 75.1 Å². The van der Waals surface area contributed by atoms with Gasteiger partial charge in [-0.05, 0) is 31.2 Å². The maximum Gasteiger partial charge on any atom is 0.345 e. The molecule has 0 spiro atoms. The third-order valence-corrected chi connectivity index (χ3v) is 4.47. The molecule has 2 N–H and O–H groups in total. The summed E-state index contributed by atoms with van der Waals surface area (Å²) in [5.74, 6) is -0.232. The number of hydrogen-bond donors (Lipinski definition) is 2. The third-order valence-electron chi connectivity index (χ3n) is 4.24. The highest BCUT2D eigenvalue weighted by Gasteiger charge is 2.30. The van der Waals surface area contributed by atoms with Crippen LogP contribution in [-0.4, -0.2) is 11.6 Å². The fraction of sp³-hybridized carbons (Fsp3) is 0.105. The Balaban J connectivity index is 1.65. The van der Waals surface area contributed by atoms with E-state index in [1.807, 2.05) is 12.1 Å². The molecule has 0 radical (unpaired) electrons. The number of nitrogens with zero attached hydrogens (tertiary/aromatic N) is 1. The molecule has 130 valence electrons. The zero-order chi connectivity index (χ0) is 18.3. The minimum Gasteiger partial charge on any atom is -0.422 e. The first-order chi connectivity index (χ1) is 12.5. The smallest absolute Gasteiger partial charge is 0.345 e. The number of fused-ring (bicyclic) bond motifs is 2. The highest BCUT2D eigenvalue weighted by Crippen LogP contribution is 2.32. The molecule has 1 atom stereocenters. The second kappa shape index (κ2) is 6.31. The number of anilines is 1. The van der Waals surface area contributed by atoms with Gasteiger partial charge in [-0.2, -0.15) is 5.10 Å². The predicted octanol–water partition coefficient (Wildman–Crippen LogP) is 3.45. The zero-order valence-electron chi connectivity index (χ0n) is 13.7. The summed E-state index contributed by atoms with van der Waals surface area (Å²) in [4.78, 5) is 24.4. The quantitative estimate of drug-likeness (QED) is 0.422. The molecule has 1 aliphatic rings. The number of rotatable bonds is 3. The standard InChI is InChI=1S/C19H14ClN3O3/c1-10(14-8-11-4-2-3-5-16(11)26-19(14)25)22-23-17-13-7-6-12(20)9-15(13)21-18(17)24/h2-9,17,23H,1H3,(H,21,24). The first kappa shape index (κ1) is 16.4. The lowest BCUT2D eigenvalue weighted by Crippen LogP contribution is -2.25. The molecular weight excluding hydrogens is 354 g/mol. The van der Waals surface area contributed by atoms with Crippen molar-refractivity contribution in [1.29, 1.82) is 0 Å². The highest BCUT2D eigenvalue weighted by molar-refractivity contribution is 6.31. The van der Waals surface area contributed by atoms with Crippen LogP contribution in [0.2, 0.25) is 5.02 Å². The predicted molar refractivity (Wildman–Crippen MR) is 101 cm³/mol. The van der Waals surface area contributed by atoms with E-state index in [-0.39, 0.29) is 5.91 Å². The Bertz CT molecular complexity index is 1120. The van der Waals surface area contributed by atoms with Gasteiger partial charge in [-0.3, -0.25) is 10.2 Å². The molecule has 2 aromatic carbocycles. The summed E-state index contributed by atoms with van der Waals surface area (Å²) in [6, 6.07) is 13.5. The van der Waals surface area contributed by atoms with Gasteiger partial charge < -0.3 is 9.73 Å². The van der Waals surface area contributed by atoms with Gasteiger partial charge in [0.05, 0.1) is 11.3 Å². The van der Waals surface area contributed by atoms with Crippen molar-refractivity contribution >= 4 is 39.9 Å². The Morgan fingerprint density at radius 3 is 2.85 bits per heavy atom. The van der Waals surface area contributed by atoms with E-state index in [2.05, 4.69) is 15.8 Å². The average Bonchev–Trinajstić information content (AvgIpc) is 2.93. The van der Waals surface area contributed by atoms with Gasteiger partial charge in [0, 0.05) is 21.7 Å². The van der Waals surface area contributed by atoms with E-state index in [1.54, 1.807) is 43.3 Å². The maximum absolute atomic E-state index is 12.2. The molecule has 1 aliphatic heterocycles. The monoisotopic (exact) mass is 367 g/mol. The van der Waals surface area contributed by atoms with E-state index < -0.39 is 11.7 Å². The summed E-state index contributed by atoms with van der Waals surface area (Å²) in [6.07, 6.45) is 0. The molecule has 6 nitrogen and oxygen atoms in total. The van der Waals surface area contributed by atoms with E-state index in [4.69, 9.17) is 16.0 Å². The molecule has 26 heavy (non-hydrogen) atoms. The second-order valence-corrected chi connectivity index (χ2v) is 6.40. The van der Waals surface area contributed by atoms with Gasteiger partial charge in [0.1, 0.15) is 11.6 Å². The lowest BCUT2D eigenvalue weighted by atomic mass is 10.1. The van der Waals surface area contributed by atoms with Crippen LogP contribution in [0.4, 0.5) is 5.69 Å². The number of halogens is 1. The summed E-state index contributed by atoms with van der Waals surface area (Å²) >= 11 is 5.95. The molecule has 1 aromatic heterocycles. The molecule has 7 heteroatoms. The fourth-order valence-electron chi connectivity index (χ4n) is 2.90. The molecule has 1 unspecified atom stereocenters. The van der Waals surface area contributed by atoms with Gasteiger partial charge in [-0.1, -0.05) is 35.9 Å². The van der Waals surface area contributed by atoms with Crippen molar-refractivity contribution < 1.29 is 9.21 Å². The van der Waals surface area contributed by atoms with Gasteiger partial charge in [0.25, 0.3) is 5.91 Å². The van der Waals surface area contributed by atoms with Crippen molar-refractivity contribution in [2.24, 2.45) is 5.10 Å². The van der Waals surface area contributed by atoms with E-state index in [0.29, 0.717) is 27.6 Å². The van der Waals surface area contributed by atoms with Crippen LogP contribution in [0, 0.1) is 0 Å². The second-order valence-electron chi connectivity index (χ2n) is 5.97. The summed E-state index contributed by atoms with van der Waals surface area (Å²) in [7, 11) is 0. The number of para-hydroxylation sites is 1. The SMILES string of the molecule is CC(=NNC1C(=O)Nc2cc(Cl)ccc21)c1cc2ccccc2oc1=O. The normalized spacial score (nSPS) is 16.5. The van der Waals surface area contributed by atoms with Crippen molar-refractivity contribution in [3.8, 4) is 0 Å². The minimum atomic E-state index is -0.648. The van der Waals surface area contributed by atoms with E-state index in [9.17, 15) is 9.59 Å². The van der Waals surface area contributed by atoms with Crippen LogP contribution in [0.1, 0.15) is 24.1 Å². The molecule has 0 aliphatic carbocycles. The van der Waals surface area contributed by atoms with Gasteiger partial charge >= 0.3 is 5.63 Å². The van der Waals surface area contributed by atoms with Crippen LogP contribution in [0.25, 0.3) is 11.0 Å². The number of hydrazone groups is 1. The summed E-state index contributed by atoms with van der Waals surface area (Å²) < 4.78 is 5.32. The molecule has 4 rings (SSSR count). The number of nitrogens with one attached hydrogen (secondary N) is 2. The van der Waals surface area contributed by atoms with Crippen molar-refractivity contribution in [2.75, 3.05) is 5.32 Å². The van der Waals surface area contributed by atoms with Crippen molar-refractivity contribution in [2.45, 2.75) is 13.0 Å². The first-order valence-electron chi connectivity index (χ1n) is 7.96. The maximum atomic E-state index is 12.2. The largest absolute Gasteiger partial charge is 0.422 e. The summed E-state index contributed by atoms with van der Waals surface area (Å²) in [5.41, 5.74) is 5.04. The van der Waals surface area contributed by atoms with Gasteiger partial charge in [-0.25, -0.2) is 4.79 Å². The van der Waals surface area contributed by atoms with E-state index in [0.717, 1.165) is 10.9 Å². The molecule has 0 fully saturated rings. The van der Waals surface area contributed by atoms with E-state index >= 15 is 0 Å². The lowest BCUT2D eigenvalue weighted by Gasteiger charge is -2.09. The Hall–Kier alpha value is -3.12. The third kappa shape index (κ3) is 2.84. The van der Waals surface area contributed by atoms with Crippen LogP contribution in [-0.2, 0) is 4.79 Å². The van der Waals surface area contributed by atoms with Crippen LogP contribution >= 0.6 is 11.6 Å². The zero-order valence-corrected chi connectivity index (χ0v) is 14.5. The first-order valence-corrected chi connectivity index (χ1v) is 8.34. The Morgan fingerprint density at radius 1 is 1.19 bits per heavy atom.